The van der Waals surface area contributed by atoms with Crippen LogP contribution < -0.4 is 5.73 Å². The lowest BCUT2D eigenvalue weighted by Crippen LogP contribution is -2.11. The first-order valence-corrected chi connectivity index (χ1v) is 10.7. The van der Waals surface area contributed by atoms with Crippen LogP contribution in [-0.2, 0) is 4.79 Å². The summed E-state index contributed by atoms with van der Waals surface area (Å²) < 4.78 is 2.04. The minimum atomic E-state index is -0.298. The van der Waals surface area contributed by atoms with Gasteiger partial charge in [-0.3, -0.25) is 9.36 Å². The molecule has 2 aromatic carbocycles. The number of rotatable bonds is 7. The van der Waals surface area contributed by atoms with Crippen molar-refractivity contribution in [1.82, 2.24) is 9.55 Å². The Labute approximate surface area is 181 Å². The molecule has 0 saturated carbocycles. The van der Waals surface area contributed by atoms with Gasteiger partial charge in [0, 0.05) is 16.9 Å². The van der Waals surface area contributed by atoms with Crippen molar-refractivity contribution < 1.29 is 4.79 Å². The van der Waals surface area contributed by atoms with Crippen molar-refractivity contribution in [2.75, 3.05) is 5.75 Å². The van der Waals surface area contributed by atoms with E-state index in [1.165, 1.54) is 17.3 Å². The van der Waals surface area contributed by atoms with E-state index in [1.54, 1.807) is 6.92 Å². The molecule has 0 radical (unpaired) electrons. The van der Waals surface area contributed by atoms with Gasteiger partial charge in [0.2, 0.25) is 0 Å². The lowest BCUT2D eigenvalue weighted by molar-refractivity contribution is -0.112. The van der Waals surface area contributed by atoms with Gasteiger partial charge >= 0.3 is 0 Å². The summed E-state index contributed by atoms with van der Waals surface area (Å²) >= 11 is 1.30. The number of allylic oxidation sites excluding steroid dienone is 2. The van der Waals surface area contributed by atoms with Gasteiger partial charge in [-0.05, 0) is 30.5 Å². The molecular formula is C24H24N4OS. The molecule has 0 unspecified atom stereocenters. The predicted molar refractivity (Wildman–Crippen MR) is 121 cm³/mol. The van der Waals surface area contributed by atoms with Gasteiger partial charge in [0.25, 0.3) is 0 Å². The van der Waals surface area contributed by atoms with Crippen molar-refractivity contribution in [1.29, 1.82) is 5.26 Å². The summed E-state index contributed by atoms with van der Waals surface area (Å²) in [6.07, 6.45) is 1.81. The number of nitrogens with zero attached hydrogens (tertiary/aromatic N) is 3. The van der Waals surface area contributed by atoms with Crippen LogP contribution in [0, 0.1) is 11.3 Å². The van der Waals surface area contributed by atoms with Gasteiger partial charge < -0.3 is 5.73 Å². The van der Waals surface area contributed by atoms with E-state index in [0.29, 0.717) is 11.1 Å². The highest BCUT2D eigenvalue weighted by atomic mass is 32.2. The van der Waals surface area contributed by atoms with E-state index in [1.807, 2.05) is 47.2 Å². The number of benzene rings is 2. The molecule has 0 atom stereocenters. The Bertz CT molecular complexity index is 1100. The second-order valence-electron chi connectivity index (χ2n) is 7.26. The number of nitriles is 1. The highest BCUT2D eigenvalue weighted by Gasteiger charge is 2.18. The van der Waals surface area contributed by atoms with Gasteiger partial charge in [0.15, 0.2) is 10.9 Å². The molecule has 1 heterocycles. The Morgan fingerprint density at radius 2 is 1.83 bits per heavy atom. The average Bonchev–Trinajstić information content (AvgIpc) is 3.17. The summed E-state index contributed by atoms with van der Waals surface area (Å²) in [6.45, 7) is 5.88. The van der Waals surface area contributed by atoms with Gasteiger partial charge in [-0.2, -0.15) is 5.26 Å². The number of carbonyl (C=O) groups is 1. The molecule has 2 N–H and O–H groups in total. The van der Waals surface area contributed by atoms with Crippen molar-refractivity contribution in [3.8, 4) is 23.0 Å². The average molecular weight is 417 g/mol. The summed E-state index contributed by atoms with van der Waals surface area (Å²) in [5.74, 6) is 0.235. The minimum absolute atomic E-state index is 0.00479. The van der Waals surface area contributed by atoms with Gasteiger partial charge in [-0.15, -0.1) is 0 Å². The fourth-order valence-corrected chi connectivity index (χ4v) is 3.94. The number of aromatic nitrogens is 2. The molecule has 0 fully saturated rings. The number of nitrogens with two attached hydrogens (primary N) is 1. The van der Waals surface area contributed by atoms with Crippen LogP contribution >= 0.6 is 11.8 Å². The molecule has 0 amide bonds. The minimum Gasteiger partial charge on any atom is -0.401 e. The lowest BCUT2D eigenvalue weighted by atomic mass is 10.0. The van der Waals surface area contributed by atoms with E-state index in [2.05, 4.69) is 43.1 Å². The Morgan fingerprint density at radius 1 is 1.17 bits per heavy atom. The molecule has 3 rings (SSSR count). The zero-order valence-corrected chi connectivity index (χ0v) is 18.1. The first kappa shape index (κ1) is 21.4. The fourth-order valence-electron chi connectivity index (χ4n) is 3.08. The number of hydrogen-bond acceptors (Lipinski definition) is 5. The topological polar surface area (TPSA) is 84.7 Å². The first-order chi connectivity index (χ1) is 14.4. The van der Waals surface area contributed by atoms with E-state index in [9.17, 15) is 10.1 Å². The second kappa shape index (κ2) is 9.47. The van der Waals surface area contributed by atoms with E-state index in [4.69, 9.17) is 5.73 Å². The van der Waals surface area contributed by atoms with Gasteiger partial charge in [0.1, 0.15) is 11.6 Å². The van der Waals surface area contributed by atoms with E-state index < -0.39 is 0 Å². The smallest absolute Gasteiger partial charge is 0.185 e. The Hall–Kier alpha value is -3.30. The maximum Gasteiger partial charge on any atom is 0.185 e. The third kappa shape index (κ3) is 4.64. The predicted octanol–water partition coefficient (Wildman–Crippen LogP) is 5.08. The molecule has 0 aliphatic rings. The molecule has 0 spiro atoms. The molecule has 30 heavy (non-hydrogen) atoms. The zero-order valence-electron chi connectivity index (χ0n) is 17.3. The SMILES string of the molecule is C/C(N)=C(/C#N)C(=O)CSc1ncc(-c2ccccc2)n1-c1ccc(C(C)C)cc1. The van der Waals surface area contributed by atoms with Crippen LogP contribution in [0.25, 0.3) is 16.9 Å². The third-order valence-electron chi connectivity index (χ3n) is 4.73. The molecule has 152 valence electrons. The lowest BCUT2D eigenvalue weighted by Gasteiger charge is -2.13. The molecule has 3 aromatic rings. The maximum atomic E-state index is 12.4. The van der Waals surface area contributed by atoms with Gasteiger partial charge in [-0.1, -0.05) is 68.1 Å². The van der Waals surface area contributed by atoms with E-state index in [0.717, 1.165) is 16.9 Å². The maximum absolute atomic E-state index is 12.4. The number of Topliss-reactive ketones (excluding diaryl/α,β-unsaturated/α-hetero) is 1. The van der Waals surface area contributed by atoms with Crippen molar-refractivity contribution in [2.24, 2.45) is 5.73 Å². The first-order valence-electron chi connectivity index (χ1n) is 9.68. The van der Waals surface area contributed by atoms with Crippen LogP contribution in [0.3, 0.4) is 0 Å². The molecule has 1 aromatic heterocycles. The molecule has 0 saturated heterocycles. The number of hydrogen-bond donors (Lipinski definition) is 1. The monoisotopic (exact) mass is 416 g/mol. The molecule has 0 aliphatic carbocycles. The highest BCUT2D eigenvalue weighted by Crippen LogP contribution is 2.30. The summed E-state index contributed by atoms with van der Waals surface area (Å²) in [7, 11) is 0. The number of thioether (sulfide) groups is 1. The Kier molecular flexibility index (Phi) is 6.76. The molecule has 0 bridgehead atoms. The van der Waals surface area contributed by atoms with Crippen LogP contribution in [0.15, 0.2) is 77.2 Å². The molecule has 0 aliphatic heterocycles. The normalized spacial score (nSPS) is 11.8. The highest BCUT2D eigenvalue weighted by molar-refractivity contribution is 7.99. The largest absolute Gasteiger partial charge is 0.401 e. The Morgan fingerprint density at radius 3 is 2.40 bits per heavy atom. The quantitative estimate of drug-likeness (QED) is 0.330. The van der Waals surface area contributed by atoms with Crippen LogP contribution in [0.2, 0.25) is 0 Å². The van der Waals surface area contributed by atoms with E-state index in [-0.39, 0.29) is 22.8 Å². The summed E-state index contributed by atoms with van der Waals surface area (Å²) in [4.78, 5) is 17.0. The molecular weight excluding hydrogens is 392 g/mol. The second-order valence-corrected chi connectivity index (χ2v) is 8.20. The van der Waals surface area contributed by atoms with Gasteiger partial charge in [-0.25, -0.2) is 4.98 Å². The van der Waals surface area contributed by atoms with Crippen LogP contribution in [0.4, 0.5) is 0 Å². The van der Waals surface area contributed by atoms with Crippen molar-refractivity contribution in [3.05, 3.63) is 77.6 Å². The third-order valence-corrected chi connectivity index (χ3v) is 5.69. The van der Waals surface area contributed by atoms with Crippen molar-refractivity contribution >= 4 is 17.5 Å². The molecule has 5 nitrogen and oxygen atoms in total. The molecule has 6 heteroatoms. The van der Waals surface area contributed by atoms with Crippen molar-refractivity contribution in [2.45, 2.75) is 31.8 Å². The van der Waals surface area contributed by atoms with Crippen LogP contribution in [-0.4, -0.2) is 21.1 Å². The Balaban J connectivity index is 2.00. The van der Waals surface area contributed by atoms with Crippen LogP contribution in [0.5, 0.6) is 0 Å². The fraction of sp³-hybridized carbons (Fsp3) is 0.208. The summed E-state index contributed by atoms with van der Waals surface area (Å²) in [6, 6.07) is 20.3. The van der Waals surface area contributed by atoms with Gasteiger partial charge in [0.05, 0.1) is 17.6 Å². The summed E-state index contributed by atoms with van der Waals surface area (Å²) in [5.41, 5.74) is 10.1. The number of carbonyl (C=O) groups excluding carboxylic acids is 1. The zero-order chi connectivity index (χ0) is 21.7. The standard InChI is InChI=1S/C24H24N4OS/c1-16(2)18-9-11-20(12-10-18)28-22(19-7-5-4-6-8-19)14-27-24(28)30-15-23(29)21(13-25)17(3)26/h4-12,14,16H,15,26H2,1-3H3/b21-17+. The number of ketones is 1. The van der Waals surface area contributed by atoms with Crippen LogP contribution in [0.1, 0.15) is 32.3 Å². The van der Waals surface area contributed by atoms with Crippen molar-refractivity contribution in [3.63, 3.8) is 0 Å². The summed E-state index contributed by atoms with van der Waals surface area (Å²) in [5, 5.41) is 9.87. The van der Waals surface area contributed by atoms with E-state index >= 15 is 0 Å². The number of imidazole rings is 1.